The van der Waals surface area contributed by atoms with Crippen LogP contribution in [0.2, 0.25) is 0 Å². The molecule has 9 nitrogen and oxygen atoms in total. The number of hydrogen-bond acceptors (Lipinski definition) is 7. The third-order valence-electron chi connectivity index (χ3n) is 5.37. The molecule has 5 rings (SSSR count). The molecule has 1 fully saturated rings. The van der Waals surface area contributed by atoms with Crippen molar-refractivity contribution in [1.29, 1.82) is 5.26 Å². The molecule has 4 aromatic rings. The van der Waals surface area contributed by atoms with Crippen molar-refractivity contribution in [2.24, 2.45) is 0 Å². The minimum Gasteiger partial charge on any atom is -0.477 e. The molecule has 0 amide bonds. The van der Waals surface area contributed by atoms with Crippen LogP contribution in [0.1, 0.15) is 34.8 Å². The maximum absolute atomic E-state index is 12.7. The first-order valence-electron chi connectivity index (χ1n) is 10.3. The van der Waals surface area contributed by atoms with E-state index in [1.165, 1.54) is 6.20 Å². The highest BCUT2D eigenvalue weighted by atomic mass is 79.9. The molecular formula is C24H16BrN5O4. The monoisotopic (exact) mass is 517 g/mol. The molecule has 2 N–H and O–H groups in total. The lowest BCUT2D eigenvalue weighted by Crippen LogP contribution is -2.18. The minimum atomic E-state index is -1.25. The fourth-order valence-corrected chi connectivity index (χ4v) is 3.99. The Morgan fingerprint density at radius 2 is 2.00 bits per heavy atom. The Morgan fingerprint density at radius 3 is 2.68 bits per heavy atom. The van der Waals surface area contributed by atoms with Gasteiger partial charge in [0, 0.05) is 41.6 Å². The van der Waals surface area contributed by atoms with Crippen molar-refractivity contribution >= 4 is 44.4 Å². The van der Waals surface area contributed by atoms with Crippen LogP contribution in [0.4, 0.5) is 11.6 Å². The zero-order chi connectivity index (χ0) is 23.8. The number of halogens is 1. The van der Waals surface area contributed by atoms with Crippen molar-refractivity contribution in [1.82, 2.24) is 14.5 Å². The van der Waals surface area contributed by atoms with Gasteiger partial charge >= 0.3 is 5.97 Å². The molecule has 0 radical (unpaired) electrons. The minimum absolute atomic E-state index is 0.150. The molecule has 0 bridgehead atoms. The Bertz CT molecular complexity index is 1540. The molecule has 0 spiro atoms. The maximum Gasteiger partial charge on any atom is 0.341 e. The van der Waals surface area contributed by atoms with Crippen LogP contribution in [0.15, 0.2) is 64.1 Å². The lowest BCUT2D eigenvalue weighted by Gasteiger charge is -2.14. The Hall–Kier alpha value is -4.23. The van der Waals surface area contributed by atoms with Crippen LogP contribution < -0.4 is 15.5 Å². The molecule has 34 heavy (non-hydrogen) atoms. The fourth-order valence-electron chi connectivity index (χ4n) is 3.56. The van der Waals surface area contributed by atoms with Gasteiger partial charge in [-0.05, 0) is 59.1 Å². The average molecular weight is 518 g/mol. The first-order valence-corrected chi connectivity index (χ1v) is 11.1. The van der Waals surface area contributed by atoms with E-state index in [4.69, 9.17) is 10.00 Å². The van der Waals surface area contributed by atoms with Gasteiger partial charge in [-0.15, -0.1) is 0 Å². The molecule has 2 aromatic carbocycles. The van der Waals surface area contributed by atoms with E-state index in [1.807, 2.05) is 4.57 Å². The molecule has 2 heterocycles. The van der Waals surface area contributed by atoms with Gasteiger partial charge in [-0.2, -0.15) is 10.2 Å². The Kier molecular flexibility index (Phi) is 5.47. The summed E-state index contributed by atoms with van der Waals surface area (Å²) < 4.78 is 8.31. The summed E-state index contributed by atoms with van der Waals surface area (Å²) in [6, 6.07) is 14.0. The number of hydrogen-bond donors (Lipinski definition) is 2. The number of benzene rings is 2. The number of pyridine rings is 1. The van der Waals surface area contributed by atoms with Crippen LogP contribution in [-0.2, 0) is 0 Å². The van der Waals surface area contributed by atoms with Crippen LogP contribution in [0.3, 0.4) is 0 Å². The molecule has 1 aliphatic carbocycles. The standard InChI is InChI=1S/C24H16BrN5O4/c25-18-9-16-19(30(15-5-6-15)12-17(22(16)31)23(32)33)10-20(18)34-21-7-8-27-24(29-21)28-14-3-1-13(11-26)2-4-14/h1-4,7-10,12,15H,5-6H2,(H,32,33)(H,27,28,29). The van der Waals surface area contributed by atoms with E-state index in [-0.39, 0.29) is 17.5 Å². The van der Waals surface area contributed by atoms with Gasteiger partial charge in [0.05, 0.1) is 21.6 Å². The van der Waals surface area contributed by atoms with Crippen molar-refractivity contribution in [3.63, 3.8) is 0 Å². The Labute approximate surface area is 201 Å². The second-order valence-electron chi connectivity index (χ2n) is 7.75. The van der Waals surface area contributed by atoms with E-state index in [0.29, 0.717) is 38.3 Å². The summed E-state index contributed by atoms with van der Waals surface area (Å²) >= 11 is 3.43. The fraction of sp³-hybridized carbons (Fsp3) is 0.125. The molecule has 0 atom stereocenters. The van der Waals surface area contributed by atoms with Gasteiger partial charge in [-0.3, -0.25) is 4.79 Å². The largest absolute Gasteiger partial charge is 0.477 e. The quantitative estimate of drug-likeness (QED) is 0.365. The van der Waals surface area contributed by atoms with E-state index >= 15 is 0 Å². The van der Waals surface area contributed by atoms with Crippen LogP contribution in [0.25, 0.3) is 10.9 Å². The van der Waals surface area contributed by atoms with Crippen molar-refractivity contribution in [2.75, 3.05) is 5.32 Å². The summed E-state index contributed by atoms with van der Waals surface area (Å²) in [5.41, 5.74) is 1.06. The van der Waals surface area contributed by atoms with Gasteiger partial charge in [-0.25, -0.2) is 9.78 Å². The van der Waals surface area contributed by atoms with Crippen LogP contribution >= 0.6 is 15.9 Å². The highest BCUT2D eigenvalue weighted by Gasteiger charge is 2.27. The molecule has 10 heteroatoms. The number of fused-ring (bicyclic) bond motifs is 1. The van der Waals surface area contributed by atoms with Crippen molar-refractivity contribution in [3.05, 3.63) is 80.7 Å². The molecule has 1 aliphatic rings. The van der Waals surface area contributed by atoms with Crippen molar-refractivity contribution in [2.45, 2.75) is 18.9 Å². The SMILES string of the molecule is N#Cc1ccc(Nc2nccc(Oc3cc4c(cc3Br)c(=O)c(C(=O)O)cn4C3CC3)n2)cc1. The number of nitriles is 1. The smallest absolute Gasteiger partial charge is 0.341 e. The van der Waals surface area contributed by atoms with E-state index in [9.17, 15) is 14.7 Å². The van der Waals surface area contributed by atoms with E-state index in [2.05, 4.69) is 37.3 Å². The lowest BCUT2D eigenvalue weighted by molar-refractivity contribution is 0.0695. The number of nitrogens with one attached hydrogen (secondary N) is 1. The highest BCUT2D eigenvalue weighted by Crippen LogP contribution is 2.39. The van der Waals surface area contributed by atoms with Crippen LogP contribution in [0.5, 0.6) is 11.6 Å². The summed E-state index contributed by atoms with van der Waals surface area (Å²) in [7, 11) is 0. The summed E-state index contributed by atoms with van der Waals surface area (Å²) in [5.74, 6) is -0.248. The third kappa shape index (κ3) is 4.21. The second-order valence-corrected chi connectivity index (χ2v) is 8.60. The molecule has 168 valence electrons. The van der Waals surface area contributed by atoms with E-state index < -0.39 is 11.4 Å². The van der Waals surface area contributed by atoms with Gasteiger partial charge in [0.2, 0.25) is 17.3 Å². The van der Waals surface area contributed by atoms with Crippen LogP contribution in [-0.4, -0.2) is 25.6 Å². The van der Waals surface area contributed by atoms with E-state index in [0.717, 1.165) is 12.8 Å². The number of aromatic carboxylic acids is 1. The predicted molar refractivity (Wildman–Crippen MR) is 128 cm³/mol. The Morgan fingerprint density at radius 1 is 1.24 bits per heavy atom. The molecule has 0 unspecified atom stereocenters. The number of carboxylic acids is 1. The average Bonchev–Trinajstić information content (AvgIpc) is 3.66. The number of rotatable bonds is 6. The van der Waals surface area contributed by atoms with Gasteiger partial charge in [0.15, 0.2) is 0 Å². The third-order valence-corrected chi connectivity index (χ3v) is 5.99. The summed E-state index contributed by atoms with van der Waals surface area (Å²) in [6.07, 6.45) is 4.79. The van der Waals surface area contributed by atoms with Gasteiger partial charge < -0.3 is 19.7 Å². The molecule has 1 saturated carbocycles. The summed E-state index contributed by atoms with van der Waals surface area (Å²) in [5, 5.41) is 21.7. The predicted octanol–water partition coefficient (Wildman–Crippen LogP) is 4.99. The summed E-state index contributed by atoms with van der Waals surface area (Å²) in [6.45, 7) is 0. The number of ether oxygens (including phenoxy) is 1. The molecular weight excluding hydrogens is 502 g/mol. The number of anilines is 2. The first-order chi connectivity index (χ1) is 16.4. The van der Waals surface area contributed by atoms with Gasteiger partial charge in [-0.1, -0.05) is 0 Å². The lowest BCUT2D eigenvalue weighted by atomic mass is 10.1. The number of carbonyl (C=O) groups is 1. The number of carboxylic acid groups (broad SMARTS) is 1. The first kappa shape index (κ1) is 21.6. The van der Waals surface area contributed by atoms with Crippen molar-refractivity contribution in [3.8, 4) is 17.7 Å². The molecule has 2 aromatic heterocycles. The van der Waals surface area contributed by atoms with Crippen molar-refractivity contribution < 1.29 is 14.6 Å². The zero-order valence-corrected chi connectivity index (χ0v) is 19.1. The summed E-state index contributed by atoms with van der Waals surface area (Å²) in [4.78, 5) is 32.9. The number of aromatic nitrogens is 3. The zero-order valence-electron chi connectivity index (χ0n) is 17.5. The topological polar surface area (TPSA) is 130 Å². The van der Waals surface area contributed by atoms with Crippen LogP contribution in [0, 0.1) is 11.3 Å². The number of nitrogens with zero attached hydrogens (tertiary/aromatic N) is 4. The van der Waals surface area contributed by atoms with E-state index in [1.54, 1.807) is 48.7 Å². The Balaban J connectivity index is 1.49. The second kappa shape index (κ2) is 8.61. The maximum atomic E-state index is 12.7. The normalized spacial score (nSPS) is 12.8. The van der Waals surface area contributed by atoms with Gasteiger partial charge in [0.1, 0.15) is 11.3 Å². The molecule has 0 saturated heterocycles. The highest BCUT2D eigenvalue weighted by molar-refractivity contribution is 9.10. The molecule has 0 aliphatic heterocycles. The van der Waals surface area contributed by atoms with Gasteiger partial charge in [0.25, 0.3) is 0 Å².